The van der Waals surface area contributed by atoms with E-state index in [1.807, 2.05) is 0 Å². The molecule has 142 valence electrons. The number of piperidine rings is 1. The van der Waals surface area contributed by atoms with Gasteiger partial charge in [0.05, 0.1) is 11.7 Å². The highest BCUT2D eigenvalue weighted by Crippen LogP contribution is 2.44. The van der Waals surface area contributed by atoms with Gasteiger partial charge in [-0.15, -0.1) is 0 Å². The Kier molecular flexibility index (Phi) is 5.85. The van der Waals surface area contributed by atoms with Crippen LogP contribution in [0.15, 0.2) is 0 Å². The van der Waals surface area contributed by atoms with Gasteiger partial charge in [0.15, 0.2) is 5.11 Å². The normalized spacial score (nSPS) is 32.4. The molecule has 1 amide bonds. The zero-order valence-electron chi connectivity index (χ0n) is 14.7. The molecule has 1 aliphatic heterocycles. The average Bonchev–Trinajstić information content (AvgIpc) is 3.22. The molecule has 0 radical (unpaired) electrons. The summed E-state index contributed by atoms with van der Waals surface area (Å²) in [5.74, 6) is 1.05. The van der Waals surface area contributed by atoms with Crippen molar-refractivity contribution >= 4 is 33.3 Å². The van der Waals surface area contributed by atoms with Gasteiger partial charge in [-0.2, -0.15) is 0 Å². The number of amides is 1. The van der Waals surface area contributed by atoms with Crippen molar-refractivity contribution in [3.63, 3.8) is 0 Å². The van der Waals surface area contributed by atoms with E-state index in [9.17, 15) is 13.2 Å². The predicted molar refractivity (Wildman–Crippen MR) is 100 cm³/mol. The van der Waals surface area contributed by atoms with Gasteiger partial charge in [-0.25, -0.2) is 12.7 Å². The summed E-state index contributed by atoms with van der Waals surface area (Å²) in [6, 6.07) is 0.413. The van der Waals surface area contributed by atoms with E-state index < -0.39 is 10.0 Å². The fourth-order valence-electron chi connectivity index (χ4n) is 4.44. The number of hydrazine groups is 1. The molecule has 0 aromatic carbocycles. The first-order valence-electron chi connectivity index (χ1n) is 9.23. The quantitative estimate of drug-likeness (QED) is 0.486. The van der Waals surface area contributed by atoms with Gasteiger partial charge in [-0.3, -0.25) is 15.6 Å². The third-order valence-electron chi connectivity index (χ3n) is 5.87. The van der Waals surface area contributed by atoms with Gasteiger partial charge in [-0.05, 0) is 63.1 Å². The second-order valence-electron chi connectivity index (χ2n) is 7.47. The maximum atomic E-state index is 12.3. The van der Waals surface area contributed by atoms with Crippen molar-refractivity contribution in [3.8, 4) is 0 Å². The van der Waals surface area contributed by atoms with Crippen LogP contribution in [0.1, 0.15) is 45.4 Å². The van der Waals surface area contributed by atoms with Gasteiger partial charge in [-0.1, -0.05) is 6.42 Å². The van der Waals surface area contributed by atoms with Crippen molar-refractivity contribution in [1.82, 2.24) is 20.5 Å². The van der Waals surface area contributed by atoms with Gasteiger partial charge >= 0.3 is 0 Å². The number of fused-ring (bicyclic) bond motifs is 2. The molecular weight excluding hydrogens is 360 g/mol. The Labute approximate surface area is 155 Å². The van der Waals surface area contributed by atoms with Crippen molar-refractivity contribution in [2.75, 3.05) is 18.8 Å². The van der Waals surface area contributed by atoms with Crippen LogP contribution in [0.25, 0.3) is 0 Å². The zero-order chi connectivity index (χ0) is 18.0. The fraction of sp³-hybridized carbons (Fsp3) is 0.875. The monoisotopic (exact) mass is 388 g/mol. The van der Waals surface area contributed by atoms with Gasteiger partial charge in [0, 0.05) is 19.1 Å². The van der Waals surface area contributed by atoms with Crippen molar-refractivity contribution in [1.29, 1.82) is 0 Å². The maximum Gasteiger partial charge on any atom is 0.242 e. The van der Waals surface area contributed by atoms with E-state index in [0.29, 0.717) is 36.5 Å². The molecule has 0 aromatic rings. The molecule has 3 fully saturated rings. The Balaban J connectivity index is 1.43. The van der Waals surface area contributed by atoms with Crippen LogP contribution in [0.4, 0.5) is 0 Å². The first kappa shape index (κ1) is 18.8. The Bertz CT molecular complexity index is 625. The zero-order valence-corrected chi connectivity index (χ0v) is 16.3. The summed E-state index contributed by atoms with van der Waals surface area (Å²) in [7, 11) is -3.24. The molecule has 7 nitrogen and oxygen atoms in total. The summed E-state index contributed by atoms with van der Waals surface area (Å²) in [6.07, 6.45) is 6.43. The lowest BCUT2D eigenvalue weighted by Crippen LogP contribution is -2.54. The summed E-state index contributed by atoms with van der Waals surface area (Å²) in [4.78, 5) is 12.3. The highest BCUT2D eigenvalue weighted by atomic mass is 32.2. The summed E-state index contributed by atoms with van der Waals surface area (Å²) in [5.41, 5.74) is 5.43. The molecule has 0 unspecified atom stereocenters. The molecule has 2 aliphatic carbocycles. The van der Waals surface area contributed by atoms with E-state index in [-0.39, 0.29) is 24.1 Å². The molecule has 3 rings (SSSR count). The largest absolute Gasteiger partial charge is 0.358 e. The molecule has 3 aliphatic rings. The van der Waals surface area contributed by atoms with Crippen molar-refractivity contribution < 1.29 is 13.2 Å². The Morgan fingerprint density at radius 2 is 2.00 bits per heavy atom. The molecule has 1 saturated heterocycles. The van der Waals surface area contributed by atoms with Crippen molar-refractivity contribution in [3.05, 3.63) is 0 Å². The Morgan fingerprint density at radius 1 is 1.20 bits per heavy atom. The van der Waals surface area contributed by atoms with Gasteiger partial charge < -0.3 is 5.32 Å². The van der Waals surface area contributed by atoms with Gasteiger partial charge in [0.2, 0.25) is 15.9 Å². The number of sulfonamides is 1. The van der Waals surface area contributed by atoms with Crippen LogP contribution >= 0.6 is 12.2 Å². The SMILES string of the molecule is CCS(=O)(=O)N1CCC[C@H](C(=O)NNC(=S)N[C@@H]2C[C@H]3CC[C@H]2C3)C1. The van der Waals surface area contributed by atoms with Gasteiger partial charge in [0.25, 0.3) is 0 Å². The van der Waals surface area contributed by atoms with E-state index in [1.54, 1.807) is 6.92 Å². The number of rotatable bonds is 4. The summed E-state index contributed by atoms with van der Waals surface area (Å²) < 4.78 is 25.4. The maximum absolute atomic E-state index is 12.3. The standard InChI is InChI=1S/C16H28N4O3S2/c1-2-25(22,23)20-7-3-4-13(10-20)15(21)18-19-16(24)17-14-9-11-5-6-12(14)8-11/h11-14H,2-10H2,1H3,(H,18,21)(H2,17,19,24)/t11-,12-,13-,14+/m0/s1. The lowest BCUT2D eigenvalue weighted by molar-refractivity contribution is -0.126. The third-order valence-corrected chi connectivity index (χ3v) is 7.93. The molecule has 1 heterocycles. The molecular formula is C16H28N4O3S2. The summed E-state index contributed by atoms with van der Waals surface area (Å²) in [6.45, 7) is 2.37. The number of hydrogen-bond acceptors (Lipinski definition) is 4. The lowest BCUT2D eigenvalue weighted by Gasteiger charge is -2.31. The minimum Gasteiger partial charge on any atom is -0.358 e. The van der Waals surface area contributed by atoms with E-state index in [2.05, 4.69) is 16.2 Å². The minimum absolute atomic E-state index is 0.0666. The predicted octanol–water partition coefficient (Wildman–Crippen LogP) is 0.732. The first-order chi connectivity index (χ1) is 11.9. The van der Waals surface area contributed by atoms with Crippen LogP contribution in [0, 0.1) is 17.8 Å². The highest BCUT2D eigenvalue weighted by Gasteiger charge is 2.39. The Hall–Kier alpha value is -0.930. The average molecular weight is 389 g/mol. The first-order valence-corrected chi connectivity index (χ1v) is 11.2. The second-order valence-corrected chi connectivity index (χ2v) is 10.1. The van der Waals surface area contributed by atoms with E-state index >= 15 is 0 Å². The second kappa shape index (κ2) is 7.75. The van der Waals surface area contributed by atoms with Crippen LogP contribution in [-0.4, -0.2) is 48.6 Å². The molecule has 9 heteroatoms. The number of thiocarbonyl (C=S) groups is 1. The summed E-state index contributed by atoms with van der Waals surface area (Å²) >= 11 is 5.28. The van der Waals surface area contributed by atoms with Crippen LogP contribution < -0.4 is 16.2 Å². The van der Waals surface area contributed by atoms with Crippen molar-refractivity contribution in [2.24, 2.45) is 17.8 Å². The molecule has 0 aromatic heterocycles. The lowest BCUT2D eigenvalue weighted by atomic mass is 9.96. The highest BCUT2D eigenvalue weighted by molar-refractivity contribution is 7.89. The summed E-state index contributed by atoms with van der Waals surface area (Å²) in [5, 5.41) is 3.75. The number of hydrogen-bond donors (Lipinski definition) is 3. The molecule has 3 N–H and O–H groups in total. The molecule has 0 spiro atoms. The number of nitrogens with zero attached hydrogens (tertiary/aromatic N) is 1. The molecule has 2 saturated carbocycles. The van der Waals surface area contributed by atoms with Crippen LogP contribution in [0.5, 0.6) is 0 Å². The fourth-order valence-corrected chi connectivity index (χ4v) is 5.82. The van der Waals surface area contributed by atoms with Crippen LogP contribution in [0.3, 0.4) is 0 Å². The van der Waals surface area contributed by atoms with Crippen molar-refractivity contribution in [2.45, 2.75) is 51.5 Å². The van der Waals surface area contributed by atoms with Gasteiger partial charge in [0.1, 0.15) is 0 Å². The van der Waals surface area contributed by atoms with E-state index in [4.69, 9.17) is 12.2 Å². The smallest absolute Gasteiger partial charge is 0.242 e. The van der Waals surface area contributed by atoms with E-state index in [1.165, 1.54) is 23.6 Å². The molecule has 25 heavy (non-hydrogen) atoms. The minimum atomic E-state index is -3.24. The van der Waals surface area contributed by atoms with E-state index in [0.717, 1.165) is 12.3 Å². The Morgan fingerprint density at radius 3 is 2.64 bits per heavy atom. The number of nitrogens with one attached hydrogen (secondary N) is 3. The molecule has 4 atom stereocenters. The number of carbonyl (C=O) groups is 1. The van der Waals surface area contributed by atoms with Crippen LogP contribution in [-0.2, 0) is 14.8 Å². The topological polar surface area (TPSA) is 90.5 Å². The number of carbonyl (C=O) groups excluding carboxylic acids is 1. The van der Waals surface area contributed by atoms with Crippen LogP contribution in [0.2, 0.25) is 0 Å². The molecule has 2 bridgehead atoms. The third kappa shape index (κ3) is 4.43.